The molecule has 23 heavy (non-hydrogen) atoms. The highest BCUT2D eigenvalue weighted by atomic mass is 19.1. The van der Waals surface area contributed by atoms with Crippen molar-refractivity contribution < 1.29 is 4.39 Å². The summed E-state index contributed by atoms with van der Waals surface area (Å²) < 4.78 is 16.0. The molecule has 1 aliphatic carbocycles. The summed E-state index contributed by atoms with van der Waals surface area (Å²) >= 11 is 0. The molecule has 0 unspecified atom stereocenters. The molecule has 118 valence electrons. The first-order valence-corrected chi connectivity index (χ1v) is 7.74. The van der Waals surface area contributed by atoms with E-state index < -0.39 is 0 Å². The molecule has 1 fully saturated rings. The summed E-state index contributed by atoms with van der Waals surface area (Å²) in [6.45, 7) is 0. The molecule has 2 aromatic heterocycles. The maximum absolute atomic E-state index is 14.0. The zero-order valence-corrected chi connectivity index (χ0v) is 12.5. The Morgan fingerprint density at radius 1 is 1.17 bits per heavy atom. The van der Waals surface area contributed by atoms with E-state index in [0.29, 0.717) is 28.8 Å². The van der Waals surface area contributed by atoms with Crippen molar-refractivity contribution in [3.05, 3.63) is 36.3 Å². The number of benzene rings is 1. The predicted octanol–water partition coefficient (Wildman–Crippen LogP) is 3.41. The Morgan fingerprint density at radius 2 is 1.96 bits per heavy atom. The summed E-state index contributed by atoms with van der Waals surface area (Å²) in [5, 5.41) is 3.09. The molecule has 0 aliphatic heterocycles. The van der Waals surface area contributed by atoms with E-state index in [-0.39, 0.29) is 11.8 Å². The van der Waals surface area contributed by atoms with Gasteiger partial charge in [0.2, 0.25) is 11.9 Å². The predicted molar refractivity (Wildman–Crippen MR) is 86.9 cm³/mol. The molecule has 4 rings (SSSR count). The number of hydrogen-bond donors (Lipinski definition) is 2. The average Bonchev–Trinajstić information content (AvgIpc) is 3.16. The molecule has 0 atom stereocenters. The number of para-hydroxylation sites is 1. The van der Waals surface area contributed by atoms with Gasteiger partial charge in [-0.05, 0) is 25.0 Å². The second kappa shape index (κ2) is 5.49. The molecule has 0 radical (unpaired) electrons. The fourth-order valence-electron chi connectivity index (χ4n) is 3.18. The highest BCUT2D eigenvalue weighted by molar-refractivity contribution is 5.76. The molecule has 1 aliphatic rings. The lowest BCUT2D eigenvalue weighted by Gasteiger charge is -2.16. The van der Waals surface area contributed by atoms with Gasteiger partial charge in [-0.15, -0.1) is 0 Å². The lowest BCUT2D eigenvalue weighted by atomic mass is 10.2. The van der Waals surface area contributed by atoms with Gasteiger partial charge in [-0.2, -0.15) is 4.98 Å². The van der Waals surface area contributed by atoms with Gasteiger partial charge in [0.1, 0.15) is 11.3 Å². The second-order valence-corrected chi connectivity index (χ2v) is 5.79. The van der Waals surface area contributed by atoms with Crippen molar-refractivity contribution in [3.8, 4) is 0 Å². The van der Waals surface area contributed by atoms with Crippen LogP contribution in [0, 0.1) is 5.82 Å². The standard InChI is InChI=1S/C16H17FN6/c17-11-7-3-4-8-12(11)20-16-21-13-9-19-15(18)22-14(13)23(16)10-5-1-2-6-10/h3-4,7-10H,1-2,5-6H2,(H,20,21)(H2,18,19,22). The van der Waals surface area contributed by atoms with Gasteiger partial charge < -0.3 is 11.1 Å². The highest BCUT2D eigenvalue weighted by Crippen LogP contribution is 2.35. The number of anilines is 3. The Morgan fingerprint density at radius 3 is 2.74 bits per heavy atom. The summed E-state index contributed by atoms with van der Waals surface area (Å²) in [5.41, 5.74) is 7.48. The minimum Gasteiger partial charge on any atom is -0.368 e. The van der Waals surface area contributed by atoms with Gasteiger partial charge in [0.25, 0.3) is 0 Å². The number of aromatic nitrogens is 4. The van der Waals surface area contributed by atoms with Crippen molar-refractivity contribution in [1.82, 2.24) is 19.5 Å². The molecule has 0 amide bonds. The third-order valence-corrected chi connectivity index (χ3v) is 4.26. The zero-order chi connectivity index (χ0) is 15.8. The molecular formula is C16H17FN6. The van der Waals surface area contributed by atoms with E-state index >= 15 is 0 Å². The molecular weight excluding hydrogens is 295 g/mol. The van der Waals surface area contributed by atoms with Crippen molar-refractivity contribution in [2.24, 2.45) is 0 Å². The first-order chi connectivity index (χ1) is 11.2. The smallest absolute Gasteiger partial charge is 0.222 e. The average molecular weight is 312 g/mol. The first kappa shape index (κ1) is 13.9. The highest BCUT2D eigenvalue weighted by Gasteiger charge is 2.24. The van der Waals surface area contributed by atoms with Gasteiger partial charge in [0, 0.05) is 6.04 Å². The van der Waals surface area contributed by atoms with Crippen molar-refractivity contribution in [3.63, 3.8) is 0 Å². The Labute approximate surface area is 132 Å². The number of nitrogens with zero attached hydrogens (tertiary/aromatic N) is 4. The number of halogens is 1. The lowest BCUT2D eigenvalue weighted by molar-refractivity contribution is 0.535. The van der Waals surface area contributed by atoms with E-state index in [2.05, 4.69) is 20.3 Å². The third-order valence-electron chi connectivity index (χ3n) is 4.26. The van der Waals surface area contributed by atoms with Crippen molar-refractivity contribution in [1.29, 1.82) is 0 Å². The van der Waals surface area contributed by atoms with Gasteiger partial charge in [-0.25, -0.2) is 14.4 Å². The topological polar surface area (TPSA) is 81.6 Å². The van der Waals surface area contributed by atoms with E-state index in [4.69, 9.17) is 5.73 Å². The molecule has 0 saturated heterocycles. The van der Waals surface area contributed by atoms with E-state index in [1.54, 1.807) is 24.4 Å². The number of rotatable bonds is 3. The number of nitrogens with one attached hydrogen (secondary N) is 1. The Kier molecular flexibility index (Phi) is 3.33. The Hall–Kier alpha value is -2.70. The number of imidazole rings is 1. The maximum atomic E-state index is 14.0. The van der Waals surface area contributed by atoms with Gasteiger partial charge in [-0.3, -0.25) is 4.57 Å². The van der Waals surface area contributed by atoms with E-state index in [1.165, 1.54) is 18.9 Å². The molecule has 0 bridgehead atoms. The van der Waals surface area contributed by atoms with Crippen LogP contribution in [0.5, 0.6) is 0 Å². The van der Waals surface area contributed by atoms with Gasteiger partial charge in [0.15, 0.2) is 5.65 Å². The monoisotopic (exact) mass is 312 g/mol. The minimum atomic E-state index is -0.317. The SMILES string of the molecule is Nc1ncc2nc(Nc3ccccc3F)n(C3CCCC3)c2n1. The largest absolute Gasteiger partial charge is 0.368 e. The molecule has 6 nitrogen and oxygen atoms in total. The second-order valence-electron chi connectivity index (χ2n) is 5.79. The Bertz CT molecular complexity index is 853. The van der Waals surface area contributed by atoms with Crippen LogP contribution in [-0.2, 0) is 0 Å². The summed E-state index contributed by atoms with van der Waals surface area (Å²) in [6, 6.07) is 6.85. The number of hydrogen-bond acceptors (Lipinski definition) is 5. The van der Waals surface area contributed by atoms with Gasteiger partial charge >= 0.3 is 0 Å². The molecule has 0 spiro atoms. The van der Waals surface area contributed by atoms with Crippen LogP contribution in [0.1, 0.15) is 31.7 Å². The Balaban J connectivity index is 1.84. The van der Waals surface area contributed by atoms with Crippen LogP contribution < -0.4 is 11.1 Å². The zero-order valence-electron chi connectivity index (χ0n) is 12.5. The van der Waals surface area contributed by atoms with Gasteiger partial charge in [-0.1, -0.05) is 25.0 Å². The van der Waals surface area contributed by atoms with Crippen LogP contribution in [0.4, 0.5) is 22.0 Å². The molecule has 3 aromatic rings. The number of nitrogen functional groups attached to an aromatic ring is 1. The summed E-state index contributed by atoms with van der Waals surface area (Å²) in [4.78, 5) is 12.9. The van der Waals surface area contributed by atoms with E-state index in [0.717, 1.165) is 12.8 Å². The van der Waals surface area contributed by atoms with Crippen LogP contribution in [0.15, 0.2) is 30.5 Å². The lowest BCUT2D eigenvalue weighted by Crippen LogP contribution is -2.10. The van der Waals surface area contributed by atoms with Crippen LogP contribution in [0.2, 0.25) is 0 Å². The number of fused-ring (bicyclic) bond motifs is 1. The van der Waals surface area contributed by atoms with Crippen molar-refractivity contribution >= 4 is 28.7 Å². The number of nitrogens with two attached hydrogens (primary N) is 1. The molecule has 3 N–H and O–H groups in total. The normalized spacial score (nSPS) is 15.3. The summed E-state index contributed by atoms with van der Waals surface area (Å²) in [7, 11) is 0. The van der Waals surface area contributed by atoms with Crippen LogP contribution in [-0.4, -0.2) is 19.5 Å². The fourth-order valence-corrected chi connectivity index (χ4v) is 3.18. The molecule has 7 heteroatoms. The maximum Gasteiger partial charge on any atom is 0.222 e. The van der Waals surface area contributed by atoms with Crippen molar-refractivity contribution in [2.45, 2.75) is 31.7 Å². The quantitative estimate of drug-likeness (QED) is 0.774. The van der Waals surface area contributed by atoms with Crippen LogP contribution in [0.25, 0.3) is 11.2 Å². The van der Waals surface area contributed by atoms with Crippen LogP contribution >= 0.6 is 0 Å². The van der Waals surface area contributed by atoms with Crippen LogP contribution in [0.3, 0.4) is 0 Å². The van der Waals surface area contributed by atoms with E-state index in [9.17, 15) is 4.39 Å². The third kappa shape index (κ3) is 2.48. The molecule has 1 aromatic carbocycles. The van der Waals surface area contributed by atoms with E-state index in [1.807, 2.05) is 4.57 Å². The fraction of sp³-hybridized carbons (Fsp3) is 0.312. The summed E-state index contributed by atoms with van der Waals surface area (Å²) in [6.07, 6.45) is 6.06. The summed E-state index contributed by atoms with van der Waals surface area (Å²) in [5.74, 6) is 0.481. The minimum absolute atomic E-state index is 0.217. The first-order valence-electron chi connectivity index (χ1n) is 7.74. The molecule has 2 heterocycles. The van der Waals surface area contributed by atoms with Crippen molar-refractivity contribution in [2.75, 3.05) is 11.1 Å². The molecule has 1 saturated carbocycles. The van der Waals surface area contributed by atoms with Gasteiger partial charge in [0.05, 0.1) is 11.9 Å².